The Morgan fingerprint density at radius 2 is 1.72 bits per heavy atom. The third-order valence-corrected chi connectivity index (χ3v) is 4.41. The number of ether oxygens (including phenoxy) is 1. The molecule has 25 heavy (non-hydrogen) atoms. The predicted molar refractivity (Wildman–Crippen MR) is 96.1 cm³/mol. The van der Waals surface area contributed by atoms with Gasteiger partial charge in [0.25, 0.3) is 0 Å². The minimum atomic E-state index is -0.491. The lowest BCUT2D eigenvalue weighted by Crippen LogP contribution is -2.47. The Morgan fingerprint density at radius 3 is 2.16 bits per heavy atom. The molecule has 1 aromatic rings. The van der Waals surface area contributed by atoms with E-state index in [1.54, 1.807) is 11.9 Å². The van der Waals surface area contributed by atoms with Gasteiger partial charge in [-0.25, -0.2) is 14.8 Å². The predicted octanol–water partition coefficient (Wildman–Crippen LogP) is 2.74. The molecular formula is C18H28N4O3. The summed E-state index contributed by atoms with van der Waals surface area (Å²) >= 11 is 0. The second-order valence-corrected chi connectivity index (χ2v) is 7.54. The first-order chi connectivity index (χ1) is 11.6. The van der Waals surface area contributed by atoms with Gasteiger partial charge in [-0.05, 0) is 47.5 Å². The van der Waals surface area contributed by atoms with Crippen LogP contribution in [0.25, 0.3) is 0 Å². The fourth-order valence-corrected chi connectivity index (χ4v) is 2.96. The summed E-state index contributed by atoms with van der Waals surface area (Å²) in [6.07, 6.45) is 2.17. The van der Waals surface area contributed by atoms with Gasteiger partial charge in [0.1, 0.15) is 5.60 Å². The van der Waals surface area contributed by atoms with Gasteiger partial charge in [-0.3, -0.25) is 4.79 Å². The number of hydrogen-bond donors (Lipinski definition) is 0. The van der Waals surface area contributed by atoms with Gasteiger partial charge < -0.3 is 14.5 Å². The van der Waals surface area contributed by atoms with Crippen molar-refractivity contribution in [3.63, 3.8) is 0 Å². The van der Waals surface area contributed by atoms with Gasteiger partial charge in [-0.15, -0.1) is 0 Å². The third kappa shape index (κ3) is 4.67. The second-order valence-electron chi connectivity index (χ2n) is 7.54. The molecule has 0 radical (unpaired) electrons. The molecule has 1 amide bonds. The van der Waals surface area contributed by atoms with Crippen molar-refractivity contribution in [3.05, 3.63) is 17.0 Å². The van der Waals surface area contributed by atoms with Crippen LogP contribution >= 0.6 is 0 Å². The van der Waals surface area contributed by atoms with Crippen LogP contribution in [0.1, 0.15) is 55.4 Å². The first kappa shape index (κ1) is 19.1. The summed E-state index contributed by atoms with van der Waals surface area (Å²) in [5.74, 6) is 0.652. The van der Waals surface area contributed by atoms with Crippen LogP contribution in [0.2, 0.25) is 0 Å². The Hall–Kier alpha value is -2.18. The fraction of sp³-hybridized carbons (Fsp3) is 0.667. The first-order valence-electron chi connectivity index (χ1n) is 8.63. The summed E-state index contributed by atoms with van der Waals surface area (Å²) < 4.78 is 5.44. The molecule has 7 nitrogen and oxygen atoms in total. The van der Waals surface area contributed by atoms with Crippen molar-refractivity contribution in [2.45, 2.75) is 59.1 Å². The monoisotopic (exact) mass is 348 g/mol. The highest BCUT2D eigenvalue weighted by Crippen LogP contribution is 2.22. The molecule has 2 rings (SSSR count). The largest absolute Gasteiger partial charge is 0.444 e. The lowest BCUT2D eigenvalue weighted by Gasteiger charge is -2.37. The van der Waals surface area contributed by atoms with Gasteiger partial charge in [-0.1, -0.05) is 0 Å². The van der Waals surface area contributed by atoms with E-state index in [-0.39, 0.29) is 12.1 Å². The molecule has 1 fully saturated rings. The molecule has 0 aliphatic carbocycles. The summed E-state index contributed by atoms with van der Waals surface area (Å²) in [6.45, 7) is 10.8. The molecule has 0 unspecified atom stereocenters. The summed E-state index contributed by atoms with van der Waals surface area (Å²) in [5.41, 5.74) is 1.47. The van der Waals surface area contributed by atoms with Crippen LogP contribution in [0.4, 0.5) is 10.7 Å². The maximum atomic E-state index is 12.2. The van der Waals surface area contributed by atoms with Crippen molar-refractivity contribution in [1.29, 1.82) is 0 Å². The van der Waals surface area contributed by atoms with E-state index in [1.807, 2.05) is 34.6 Å². The summed E-state index contributed by atoms with van der Waals surface area (Å²) in [7, 11) is 1.79. The minimum Gasteiger partial charge on any atom is -0.444 e. The highest BCUT2D eigenvalue weighted by molar-refractivity contribution is 5.78. The number of piperidine rings is 1. The SMILES string of the molecule is Cc1nc(N2CCC(N(C)C(=O)OC(C)(C)C)CC2)nc(C)c1C=O. The number of hydrogen-bond acceptors (Lipinski definition) is 6. The molecule has 2 heterocycles. The zero-order valence-electron chi connectivity index (χ0n) is 16.0. The Balaban J connectivity index is 2.00. The lowest BCUT2D eigenvalue weighted by molar-refractivity contribution is 0.0200. The molecule has 0 spiro atoms. The Bertz CT molecular complexity index is 623. The average Bonchev–Trinajstić information content (AvgIpc) is 2.52. The number of amides is 1. The lowest BCUT2D eigenvalue weighted by atomic mass is 10.0. The zero-order chi connectivity index (χ0) is 18.8. The van der Waals surface area contributed by atoms with Crippen molar-refractivity contribution in [2.75, 3.05) is 25.0 Å². The number of carbonyl (C=O) groups is 2. The van der Waals surface area contributed by atoms with Crippen LogP contribution in [-0.2, 0) is 4.74 Å². The molecule has 0 N–H and O–H groups in total. The van der Waals surface area contributed by atoms with E-state index in [0.29, 0.717) is 22.9 Å². The number of aryl methyl sites for hydroxylation is 2. The van der Waals surface area contributed by atoms with E-state index in [2.05, 4.69) is 14.9 Å². The number of aromatic nitrogens is 2. The summed E-state index contributed by atoms with van der Waals surface area (Å²) in [6, 6.07) is 0.141. The van der Waals surface area contributed by atoms with Crippen LogP contribution in [0.3, 0.4) is 0 Å². The molecule has 0 atom stereocenters. The molecule has 0 aromatic carbocycles. The van der Waals surface area contributed by atoms with Gasteiger partial charge in [0, 0.05) is 26.2 Å². The van der Waals surface area contributed by atoms with Gasteiger partial charge >= 0.3 is 6.09 Å². The molecule has 1 aliphatic rings. The topological polar surface area (TPSA) is 75.6 Å². The van der Waals surface area contributed by atoms with E-state index in [4.69, 9.17) is 4.74 Å². The van der Waals surface area contributed by atoms with Crippen LogP contribution in [-0.4, -0.2) is 59.0 Å². The van der Waals surface area contributed by atoms with E-state index in [0.717, 1.165) is 32.2 Å². The zero-order valence-corrected chi connectivity index (χ0v) is 16.0. The van der Waals surface area contributed by atoms with Crippen molar-refractivity contribution in [3.8, 4) is 0 Å². The van der Waals surface area contributed by atoms with E-state index >= 15 is 0 Å². The number of anilines is 1. The molecule has 0 bridgehead atoms. The first-order valence-corrected chi connectivity index (χ1v) is 8.63. The second kappa shape index (κ2) is 7.37. The van der Waals surface area contributed by atoms with E-state index < -0.39 is 5.60 Å². The third-order valence-electron chi connectivity index (χ3n) is 4.41. The maximum absolute atomic E-state index is 12.2. The van der Waals surface area contributed by atoms with E-state index in [1.165, 1.54) is 0 Å². The Kier molecular flexibility index (Phi) is 5.65. The van der Waals surface area contributed by atoms with Crippen LogP contribution in [0.5, 0.6) is 0 Å². The molecule has 1 aliphatic heterocycles. The van der Waals surface area contributed by atoms with Crippen molar-refractivity contribution in [2.24, 2.45) is 0 Å². The maximum Gasteiger partial charge on any atom is 0.410 e. The normalized spacial score (nSPS) is 15.8. The number of rotatable bonds is 3. The highest BCUT2D eigenvalue weighted by Gasteiger charge is 2.29. The smallest absolute Gasteiger partial charge is 0.410 e. The van der Waals surface area contributed by atoms with Crippen LogP contribution in [0.15, 0.2) is 0 Å². The molecule has 138 valence electrons. The molecule has 1 saturated heterocycles. The van der Waals surface area contributed by atoms with Crippen LogP contribution in [0, 0.1) is 13.8 Å². The quantitative estimate of drug-likeness (QED) is 0.782. The highest BCUT2D eigenvalue weighted by atomic mass is 16.6. The summed E-state index contributed by atoms with van der Waals surface area (Å²) in [4.78, 5) is 36.0. The summed E-state index contributed by atoms with van der Waals surface area (Å²) in [5, 5.41) is 0. The van der Waals surface area contributed by atoms with Gasteiger partial charge in [0.2, 0.25) is 5.95 Å². The molecule has 1 aromatic heterocycles. The van der Waals surface area contributed by atoms with Crippen LogP contribution < -0.4 is 4.90 Å². The fourth-order valence-electron chi connectivity index (χ4n) is 2.96. The van der Waals surface area contributed by atoms with Gasteiger partial charge in [-0.2, -0.15) is 0 Å². The average molecular weight is 348 g/mol. The Labute approximate surface area is 149 Å². The number of nitrogens with zero attached hydrogens (tertiary/aromatic N) is 4. The number of carbonyl (C=O) groups excluding carboxylic acids is 2. The molecule has 0 saturated carbocycles. The van der Waals surface area contributed by atoms with Crippen molar-refractivity contribution >= 4 is 18.3 Å². The van der Waals surface area contributed by atoms with Gasteiger partial charge in [0.05, 0.1) is 17.0 Å². The molecular weight excluding hydrogens is 320 g/mol. The number of aldehydes is 1. The van der Waals surface area contributed by atoms with Gasteiger partial charge in [0.15, 0.2) is 6.29 Å². The molecule has 7 heteroatoms. The van der Waals surface area contributed by atoms with E-state index in [9.17, 15) is 9.59 Å². The standard InChI is InChI=1S/C18H28N4O3/c1-12-15(11-23)13(2)20-16(19-12)22-9-7-14(8-10-22)21(6)17(24)25-18(3,4)5/h11,14H,7-10H2,1-6H3. The Morgan fingerprint density at radius 1 is 1.20 bits per heavy atom. The van der Waals surface area contributed by atoms with Crippen molar-refractivity contribution < 1.29 is 14.3 Å². The minimum absolute atomic E-state index is 0.141. The van der Waals surface area contributed by atoms with Crippen molar-refractivity contribution in [1.82, 2.24) is 14.9 Å².